The van der Waals surface area contributed by atoms with Crippen LogP contribution in [-0.4, -0.2) is 10.7 Å². The Morgan fingerprint density at radius 1 is 0.897 bits per heavy atom. The van der Waals surface area contributed by atoms with Gasteiger partial charge in [0.1, 0.15) is 6.29 Å². The first kappa shape index (κ1) is 17.9. The van der Waals surface area contributed by atoms with Gasteiger partial charge in [0.15, 0.2) is 5.82 Å². The molecule has 0 aliphatic carbocycles. The Kier molecular flexibility index (Phi) is 4.51. The predicted molar refractivity (Wildman–Crippen MR) is 123 cm³/mol. The maximum absolute atomic E-state index is 10.9. The highest BCUT2D eigenvalue weighted by atomic mass is 35.5. The Morgan fingerprint density at radius 3 is 2.59 bits per heavy atom. The molecule has 0 spiro atoms. The van der Waals surface area contributed by atoms with E-state index in [4.69, 9.17) is 11.6 Å². The number of aldehydes is 1. The zero-order valence-corrected chi connectivity index (χ0v) is 16.8. The van der Waals surface area contributed by atoms with Gasteiger partial charge in [0.05, 0.1) is 15.4 Å². The number of carbonyl (C=O) groups excluding carboxylic acids is 1. The highest BCUT2D eigenvalue weighted by Gasteiger charge is 2.13. The summed E-state index contributed by atoms with van der Waals surface area (Å²) in [7, 11) is 0. The van der Waals surface area contributed by atoms with Gasteiger partial charge in [-0.05, 0) is 58.2 Å². The zero-order valence-electron chi connectivity index (χ0n) is 15.2. The van der Waals surface area contributed by atoms with Crippen molar-refractivity contribution in [2.75, 3.05) is 5.32 Å². The minimum atomic E-state index is 0.487. The molecule has 0 bridgehead atoms. The molecule has 5 aromatic rings. The Labute approximate surface area is 176 Å². The Balaban J connectivity index is 1.58. The summed E-state index contributed by atoms with van der Waals surface area (Å²) < 4.78 is 5.74. The molecule has 0 saturated heterocycles. The number of carbonyl (C=O) groups is 1. The SMILES string of the molecule is O=Cc1ccc(Nc2nsc3c(-c4ccc5ccccc5c4)cccc23)c(Cl)c1. The van der Waals surface area contributed by atoms with Crippen molar-refractivity contribution in [3.8, 4) is 11.1 Å². The van der Waals surface area contributed by atoms with Gasteiger partial charge < -0.3 is 5.32 Å². The number of nitrogens with zero attached hydrogens (tertiary/aromatic N) is 1. The van der Waals surface area contributed by atoms with Gasteiger partial charge in [0, 0.05) is 16.5 Å². The van der Waals surface area contributed by atoms with Gasteiger partial charge >= 0.3 is 0 Å². The molecular formula is C24H15ClN2OS. The van der Waals surface area contributed by atoms with Gasteiger partial charge in [0.2, 0.25) is 0 Å². The number of anilines is 2. The van der Waals surface area contributed by atoms with Crippen molar-refractivity contribution in [1.29, 1.82) is 0 Å². The number of hydrogen-bond acceptors (Lipinski definition) is 4. The summed E-state index contributed by atoms with van der Waals surface area (Å²) in [5.41, 5.74) is 3.59. The number of benzene rings is 4. The molecule has 3 nitrogen and oxygen atoms in total. The number of halogens is 1. The van der Waals surface area contributed by atoms with Crippen LogP contribution in [0.15, 0.2) is 78.9 Å². The quantitative estimate of drug-likeness (QED) is 0.313. The van der Waals surface area contributed by atoms with E-state index in [0.717, 1.165) is 39.0 Å². The van der Waals surface area contributed by atoms with E-state index in [9.17, 15) is 4.79 Å². The molecule has 1 aromatic heterocycles. The molecule has 0 fully saturated rings. The summed E-state index contributed by atoms with van der Waals surface area (Å²) in [5.74, 6) is 0.758. The molecule has 0 atom stereocenters. The van der Waals surface area contributed by atoms with E-state index in [1.165, 1.54) is 22.3 Å². The van der Waals surface area contributed by atoms with E-state index >= 15 is 0 Å². The monoisotopic (exact) mass is 414 g/mol. The molecule has 140 valence electrons. The predicted octanol–water partition coefficient (Wildman–Crippen LogP) is 7.33. The minimum Gasteiger partial charge on any atom is -0.338 e. The van der Waals surface area contributed by atoms with Gasteiger partial charge in [-0.25, -0.2) is 0 Å². The van der Waals surface area contributed by atoms with Gasteiger partial charge in [-0.15, -0.1) is 0 Å². The average molecular weight is 415 g/mol. The van der Waals surface area contributed by atoms with Crippen LogP contribution in [0.4, 0.5) is 11.5 Å². The highest BCUT2D eigenvalue weighted by molar-refractivity contribution is 7.14. The minimum absolute atomic E-state index is 0.487. The van der Waals surface area contributed by atoms with E-state index in [0.29, 0.717) is 10.6 Å². The van der Waals surface area contributed by atoms with Crippen molar-refractivity contribution >= 4 is 61.8 Å². The lowest BCUT2D eigenvalue weighted by molar-refractivity contribution is 0.112. The second kappa shape index (κ2) is 7.32. The summed E-state index contributed by atoms with van der Waals surface area (Å²) in [4.78, 5) is 10.9. The first-order valence-electron chi connectivity index (χ1n) is 9.12. The van der Waals surface area contributed by atoms with Gasteiger partial charge in [-0.2, -0.15) is 4.37 Å². The standard InChI is InChI=1S/C24H15ClN2OS/c25-21-12-15(14-28)8-11-22(21)26-24-20-7-3-6-19(23(20)29-27-24)18-10-9-16-4-1-2-5-17(16)13-18/h1-14H,(H,26,27). The van der Waals surface area contributed by atoms with Crippen LogP contribution >= 0.6 is 23.1 Å². The Hall–Kier alpha value is -3.21. The topological polar surface area (TPSA) is 42.0 Å². The van der Waals surface area contributed by atoms with Crippen LogP contribution in [0.1, 0.15) is 10.4 Å². The van der Waals surface area contributed by atoms with Crippen LogP contribution in [0.25, 0.3) is 32.0 Å². The Morgan fingerprint density at radius 2 is 1.76 bits per heavy atom. The Bertz CT molecular complexity index is 1380. The lowest BCUT2D eigenvalue weighted by atomic mass is 10.0. The lowest BCUT2D eigenvalue weighted by Gasteiger charge is -2.08. The fourth-order valence-electron chi connectivity index (χ4n) is 3.47. The van der Waals surface area contributed by atoms with E-state index in [1.54, 1.807) is 18.2 Å². The molecule has 5 rings (SSSR count). The first-order valence-corrected chi connectivity index (χ1v) is 10.3. The summed E-state index contributed by atoms with van der Waals surface area (Å²) >= 11 is 7.77. The molecule has 0 amide bonds. The molecule has 0 saturated carbocycles. The average Bonchev–Trinajstić information content (AvgIpc) is 3.17. The van der Waals surface area contributed by atoms with Crippen molar-refractivity contribution in [2.24, 2.45) is 0 Å². The van der Waals surface area contributed by atoms with Crippen LogP contribution in [0, 0.1) is 0 Å². The number of rotatable bonds is 4. The molecule has 4 aromatic carbocycles. The van der Waals surface area contributed by atoms with Crippen molar-refractivity contribution in [2.45, 2.75) is 0 Å². The second-order valence-electron chi connectivity index (χ2n) is 6.76. The zero-order chi connectivity index (χ0) is 19.8. The van der Waals surface area contributed by atoms with Crippen molar-refractivity contribution in [3.05, 3.63) is 89.4 Å². The fraction of sp³-hybridized carbons (Fsp3) is 0. The molecule has 1 heterocycles. The third-order valence-corrected chi connectivity index (χ3v) is 6.15. The molecule has 0 radical (unpaired) electrons. The maximum atomic E-state index is 10.9. The van der Waals surface area contributed by atoms with E-state index < -0.39 is 0 Å². The second-order valence-corrected chi connectivity index (χ2v) is 7.94. The number of aromatic nitrogens is 1. The van der Waals surface area contributed by atoms with Gasteiger partial charge in [-0.3, -0.25) is 4.79 Å². The van der Waals surface area contributed by atoms with E-state index in [1.807, 2.05) is 6.07 Å². The summed E-state index contributed by atoms with van der Waals surface area (Å²) in [5, 5.41) is 7.27. The third kappa shape index (κ3) is 3.27. The maximum Gasteiger partial charge on any atom is 0.152 e. The molecular weight excluding hydrogens is 400 g/mol. The molecule has 0 aliphatic heterocycles. The molecule has 1 N–H and O–H groups in total. The third-order valence-electron chi connectivity index (χ3n) is 4.94. The van der Waals surface area contributed by atoms with Crippen molar-refractivity contribution in [3.63, 3.8) is 0 Å². The number of nitrogens with one attached hydrogen (secondary N) is 1. The molecule has 0 unspecified atom stereocenters. The van der Waals surface area contributed by atoms with E-state index in [-0.39, 0.29) is 0 Å². The van der Waals surface area contributed by atoms with Gasteiger partial charge in [-0.1, -0.05) is 60.1 Å². The fourth-order valence-corrected chi connectivity index (χ4v) is 4.58. The molecule has 0 aliphatic rings. The van der Waals surface area contributed by atoms with Crippen molar-refractivity contribution in [1.82, 2.24) is 4.37 Å². The highest BCUT2D eigenvalue weighted by Crippen LogP contribution is 2.38. The van der Waals surface area contributed by atoms with Crippen molar-refractivity contribution < 1.29 is 4.79 Å². The summed E-state index contributed by atoms with van der Waals surface area (Å²) in [6.45, 7) is 0. The van der Waals surface area contributed by atoms with E-state index in [2.05, 4.69) is 64.3 Å². The largest absolute Gasteiger partial charge is 0.338 e. The van der Waals surface area contributed by atoms with Crippen LogP contribution < -0.4 is 5.32 Å². The number of hydrogen-bond donors (Lipinski definition) is 1. The van der Waals surface area contributed by atoms with Crippen LogP contribution in [0.2, 0.25) is 5.02 Å². The normalized spacial score (nSPS) is 11.1. The molecule has 29 heavy (non-hydrogen) atoms. The van der Waals surface area contributed by atoms with Crippen LogP contribution in [0.3, 0.4) is 0 Å². The molecule has 5 heteroatoms. The smallest absolute Gasteiger partial charge is 0.152 e. The summed E-state index contributed by atoms with van der Waals surface area (Å²) in [6.07, 6.45) is 0.781. The van der Waals surface area contributed by atoms with Crippen LogP contribution in [0.5, 0.6) is 0 Å². The lowest BCUT2D eigenvalue weighted by Crippen LogP contribution is -1.93. The first-order chi connectivity index (χ1) is 14.2. The van der Waals surface area contributed by atoms with Gasteiger partial charge in [0.25, 0.3) is 0 Å². The summed E-state index contributed by atoms with van der Waals surface area (Å²) in [6, 6.07) is 26.3. The van der Waals surface area contributed by atoms with Crippen LogP contribution in [-0.2, 0) is 0 Å². The number of fused-ring (bicyclic) bond motifs is 2.